The molecular formula is C15H21NO3. The SMILES string of the molecule is CC(C)Oc1cccc(C(=O)C2CN(C)CCO2)c1. The molecule has 2 rings (SSSR count). The number of Topliss-reactive ketones (excluding diaryl/α,β-unsaturated/α-hetero) is 1. The Morgan fingerprint density at radius 1 is 1.47 bits per heavy atom. The summed E-state index contributed by atoms with van der Waals surface area (Å²) < 4.78 is 11.2. The second-order valence-corrected chi connectivity index (χ2v) is 5.18. The molecule has 0 radical (unpaired) electrons. The second-order valence-electron chi connectivity index (χ2n) is 5.18. The third-order valence-corrected chi connectivity index (χ3v) is 3.05. The van der Waals surface area contributed by atoms with E-state index in [0.717, 1.165) is 12.3 Å². The standard InChI is InChI=1S/C15H21NO3/c1-11(2)19-13-6-4-5-12(9-13)15(17)14-10-16(3)7-8-18-14/h4-6,9,11,14H,7-8,10H2,1-3H3. The largest absolute Gasteiger partial charge is 0.491 e. The molecule has 1 aliphatic heterocycles. The lowest BCUT2D eigenvalue weighted by molar-refractivity contribution is -0.00863. The van der Waals surface area contributed by atoms with Crippen molar-refractivity contribution in [3.8, 4) is 5.75 Å². The van der Waals surface area contributed by atoms with Crippen LogP contribution in [0.2, 0.25) is 0 Å². The Morgan fingerprint density at radius 2 is 2.26 bits per heavy atom. The Morgan fingerprint density at radius 3 is 2.95 bits per heavy atom. The van der Waals surface area contributed by atoms with E-state index in [-0.39, 0.29) is 18.0 Å². The smallest absolute Gasteiger partial charge is 0.193 e. The predicted octanol–water partition coefficient (Wildman–Crippen LogP) is 1.99. The van der Waals surface area contributed by atoms with Gasteiger partial charge in [-0.1, -0.05) is 12.1 Å². The average molecular weight is 263 g/mol. The van der Waals surface area contributed by atoms with Crippen LogP contribution < -0.4 is 4.74 Å². The maximum Gasteiger partial charge on any atom is 0.193 e. The highest BCUT2D eigenvalue weighted by atomic mass is 16.5. The molecule has 0 N–H and O–H groups in total. The van der Waals surface area contributed by atoms with Crippen molar-refractivity contribution in [1.29, 1.82) is 0 Å². The lowest BCUT2D eigenvalue weighted by atomic mass is 10.0. The summed E-state index contributed by atoms with van der Waals surface area (Å²) in [6, 6.07) is 7.32. The van der Waals surface area contributed by atoms with Crippen LogP contribution in [0.25, 0.3) is 0 Å². The van der Waals surface area contributed by atoms with Gasteiger partial charge in [-0.2, -0.15) is 0 Å². The summed E-state index contributed by atoms with van der Waals surface area (Å²) >= 11 is 0. The first-order valence-corrected chi connectivity index (χ1v) is 6.67. The molecule has 0 aliphatic carbocycles. The van der Waals surface area contributed by atoms with Crippen LogP contribution in [0.15, 0.2) is 24.3 Å². The number of morpholine rings is 1. The van der Waals surface area contributed by atoms with Crippen molar-refractivity contribution in [2.45, 2.75) is 26.1 Å². The molecule has 1 atom stereocenters. The van der Waals surface area contributed by atoms with Gasteiger partial charge in [0.1, 0.15) is 11.9 Å². The molecule has 4 nitrogen and oxygen atoms in total. The molecule has 1 aliphatic rings. The summed E-state index contributed by atoms with van der Waals surface area (Å²) in [7, 11) is 2.00. The van der Waals surface area contributed by atoms with E-state index in [4.69, 9.17) is 9.47 Å². The number of carbonyl (C=O) groups excluding carboxylic acids is 1. The van der Waals surface area contributed by atoms with Gasteiger partial charge in [0.05, 0.1) is 12.7 Å². The highest BCUT2D eigenvalue weighted by Gasteiger charge is 2.25. The maximum atomic E-state index is 12.4. The topological polar surface area (TPSA) is 38.8 Å². The number of rotatable bonds is 4. The first-order chi connectivity index (χ1) is 9.06. The van der Waals surface area contributed by atoms with Gasteiger partial charge in [0, 0.05) is 18.7 Å². The molecule has 1 aromatic rings. The van der Waals surface area contributed by atoms with E-state index in [2.05, 4.69) is 4.90 Å². The van der Waals surface area contributed by atoms with Crippen LogP contribution in [0, 0.1) is 0 Å². The van der Waals surface area contributed by atoms with Crippen molar-refractivity contribution >= 4 is 5.78 Å². The Hall–Kier alpha value is -1.39. The molecule has 0 saturated carbocycles. The first kappa shape index (κ1) is 14.0. The molecule has 0 aromatic heterocycles. The van der Waals surface area contributed by atoms with Crippen LogP contribution in [0.3, 0.4) is 0 Å². The van der Waals surface area contributed by atoms with E-state index < -0.39 is 0 Å². The van der Waals surface area contributed by atoms with Crippen LogP contribution in [0.1, 0.15) is 24.2 Å². The highest BCUT2D eigenvalue weighted by molar-refractivity contribution is 6.00. The van der Waals surface area contributed by atoms with Gasteiger partial charge in [-0.15, -0.1) is 0 Å². The van der Waals surface area contributed by atoms with E-state index in [0.29, 0.717) is 18.7 Å². The van der Waals surface area contributed by atoms with E-state index in [9.17, 15) is 4.79 Å². The van der Waals surface area contributed by atoms with Crippen molar-refractivity contribution in [3.05, 3.63) is 29.8 Å². The number of ketones is 1. The minimum absolute atomic E-state index is 0.0285. The van der Waals surface area contributed by atoms with Gasteiger partial charge in [0.25, 0.3) is 0 Å². The van der Waals surface area contributed by atoms with Gasteiger partial charge in [-0.25, -0.2) is 0 Å². The number of hydrogen-bond donors (Lipinski definition) is 0. The molecule has 1 unspecified atom stereocenters. The Balaban J connectivity index is 2.10. The van der Waals surface area contributed by atoms with Gasteiger partial charge in [0.2, 0.25) is 0 Å². The van der Waals surface area contributed by atoms with Gasteiger partial charge < -0.3 is 14.4 Å². The average Bonchev–Trinajstić information content (AvgIpc) is 2.37. The molecule has 1 fully saturated rings. The monoisotopic (exact) mass is 263 g/mol. The van der Waals surface area contributed by atoms with Crippen LogP contribution in [-0.2, 0) is 4.74 Å². The summed E-state index contributed by atoms with van der Waals surface area (Å²) in [5.41, 5.74) is 0.651. The van der Waals surface area contributed by atoms with Crippen LogP contribution >= 0.6 is 0 Å². The maximum absolute atomic E-state index is 12.4. The minimum Gasteiger partial charge on any atom is -0.491 e. The number of likely N-dealkylation sites (N-methyl/N-ethyl adjacent to an activating group) is 1. The summed E-state index contributed by atoms with van der Waals surface area (Å²) in [5.74, 6) is 0.755. The Bertz CT molecular complexity index is 445. The quantitative estimate of drug-likeness (QED) is 0.779. The Kier molecular flexibility index (Phi) is 4.56. The van der Waals surface area contributed by atoms with Crippen molar-refractivity contribution in [2.75, 3.05) is 26.7 Å². The lowest BCUT2D eigenvalue weighted by Gasteiger charge is -2.29. The van der Waals surface area contributed by atoms with Crippen molar-refractivity contribution in [2.24, 2.45) is 0 Å². The van der Waals surface area contributed by atoms with E-state index in [1.165, 1.54) is 0 Å². The molecule has 0 amide bonds. The molecule has 0 bridgehead atoms. The molecule has 1 aromatic carbocycles. The number of ether oxygens (including phenoxy) is 2. The van der Waals surface area contributed by atoms with Crippen molar-refractivity contribution in [3.63, 3.8) is 0 Å². The predicted molar refractivity (Wildman–Crippen MR) is 73.8 cm³/mol. The van der Waals surface area contributed by atoms with Crippen LogP contribution in [-0.4, -0.2) is 49.6 Å². The van der Waals surface area contributed by atoms with Gasteiger partial charge >= 0.3 is 0 Å². The number of nitrogens with zero attached hydrogens (tertiary/aromatic N) is 1. The summed E-state index contributed by atoms with van der Waals surface area (Å²) in [5, 5.41) is 0. The van der Waals surface area contributed by atoms with Crippen molar-refractivity contribution in [1.82, 2.24) is 4.90 Å². The second kappa shape index (κ2) is 6.17. The third kappa shape index (κ3) is 3.78. The molecule has 19 heavy (non-hydrogen) atoms. The fourth-order valence-corrected chi connectivity index (χ4v) is 2.12. The fourth-order valence-electron chi connectivity index (χ4n) is 2.12. The molecule has 1 saturated heterocycles. The van der Waals surface area contributed by atoms with Gasteiger partial charge in [-0.05, 0) is 33.0 Å². The molecular weight excluding hydrogens is 242 g/mol. The summed E-state index contributed by atoms with van der Waals surface area (Å²) in [6.07, 6.45) is -0.268. The van der Waals surface area contributed by atoms with Crippen LogP contribution in [0.5, 0.6) is 5.75 Å². The van der Waals surface area contributed by atoms with Crippen LogP contribution in [0.4, 0.5) is 0 Å². The normalized spacial score (nSPS) is 20.5. The summed E-state index contributed by atoms with van der Waals surface area (Å²) in [6.45, 7) is 6.06. The molecule has 4 heteroatoms. The zero-order chi connectivity index (χ0) is 13.8. The van der Waals surface area contributed by atoms with Gasteiger partial charge in [-0.3, -0.25) is 4.79 Å². The summed E-state index contributed by atoms with van der Waals surface area (Å²) in [4.78, 5) is 14.5. The minimum atomic E-state index is -0.368. The lowest BCUT2D eigenvalue weighted by Crippen LogP contribution is -2.44. The highest BCUT2D eigenvalue weighted by Crippen LogP contribution is 2.18. The fraction of sp³-hybridized carbons (Fsp3) is 0.533. The number of hydrogen-bond acceptors (Lipinski definition) is 4. The van der Waals surface area contributed by atoms with E-state index >= 15 is 0 Å². The van der Waals surface area contributed by atoms with E-state index in [1.54, 1.807) is 6.07 Å². The third-order valence-electron chi connectivity index (χ3n) is 3.05. The van der Waals surface area contributed by atoms with Crippen molar-refractivity contribution < 1.29 is 14.3 Å². The zero-order valence-corrected chi connectivity index (χ0v) is 11.8. The molecule has 1 heterocycles. The van der Waals surface area contributed by atoms with Gasteiger partial charge in [0.15, 0.2) is 5.78 Å². The zero-order valence-electron chi connectivity index (χ0n) is 11.8. The Labute approximate surface area is 114 Å². The number of carbonyl (C=O) groups is 1. The molecule has 0 spiro atoms. The van der Waals surface area contributed by atoms with E-state index in [1.807, 2.05) is 39.1 Å². The molecule has 104 valence electrons. The number of benzene rings is 1. The first-order valence-electron chi connectivity index (χ1n) is 6.67.